The zero-order valence-corrected chi connectivity index (χ0v) is 31.4. The van der Waals surface area contributed by atoms with E-state index >= 15 is 0 Å². The van der Waals surface area contributed by atoms with Crippen LogP contribution in [-0.2, 0) is 0 Å². The Morgan fingerprint density at radius 2 is 0.893 bits per heavy atom. The smallest absolute Gasteiger partial charge is 0.0468 e. The molecule has 10 aromatic carbocycles. The van der Waals surface area contributed by atoms with E-state index in [0.29, 0.717) is 0 Å². The van der Waals surface area contributed by atoms with Crippen molar-refractivity contribution in [1.29, 1.82) is 0 Å². The minimum Gasteiger partial charge on any atom is -0.310 e. The highest BCUT2D eigenvalue weighted by Gasteiger charge is 2.20. The zero-order valence-electron chi connectivity index (χ0n) is 30.6. The van der Waals surface area contributed by atoms with E-state index in [1.54, 1.807) is 0 Å². The average Bonchev–Trinajstić information content (AvgIpc) is 3.64. The van der Waals surface area contributed by atoms with Gasteiger partial charge in [0, 0.05) is 37.2 Å². The molecule has 0 radical (unpaired) electrons. The SMILES string of the molecule is c1ccc(-c2cccc(N(c3ccc(-c4cccc5sc6cc7ccccc7cc6c45)c(-c4ccccc4)c3)c3ccc4ccc5ccccc5c4c3)c2)cc1. The summed E-state index contributed by atoms with van der Waals surface area (Å²) < 4.78 is 2.62. The van der Waals surface area contributed by atoms with Gasteiger partial charge >= 0.3 is 0 Å². The molecule has 262 valence electrons. The van der Waals surface area contributed by atoms with E-state index < -0.39 is 0 Å². The minimum absolute atomic E-state index is 1.10. The van der Waals surface area contributed by atoms with Crippen LogP contribution in [0.5, 0.6) is 0 Å². The van der Waals surface area contributed by atoms with E-state index in [9.17, 15) is 0 Å². The van der Waals surface area contributed by atoms with Gasteiger partial charge in [-0.3, -0.25) is 0 Å². The summed E-state index contributed by atoms with van der Waals surface area (Å²) in [5.74, 6) is 0. The first-order chi connectivity index (χ1) is 27.7. The predicted octanol–water partition coefficient (Wildman–Crippen LogP) is 16.0. The molecule has 0 spiro atoms. The third-order valence-electron chi connectivity index (χ3n) is 11.2. The van der Waals surface area contributed by atoms with Crippen LogP contribution in [0.2, 0.25) is 0 Å². The monoisotopic (exact) mass is 729 g/mol. The molecule has 0 saturated carbocycles. The summed E-state index contributed by atoms with van der Waals surface area (Å²) in [4.78, 5) is 2.43. The van der Waals surface area contributed by atoms with Gasteiger partial charge in [-0.2, -0.15) is 0 Å². The molecule has 0 aliphatic rings. The highest BCUT2D eigenvalue weighted by molar-refractivity contribution is 7.26. The number of hydrogen-bond donors (Lipinski definition) is 0. The quantitative estimate of drug-likeness (QED) is 0.154. The Morgan fingerprint density at radius 1 is 0.286 bits per heavy atom. The van der Waals surface area contributed by atoms with Crippen LogP contribution in [0.25, 0.3) is 85.9 Å². The van der Waals surface area contributed by atoms with E-state index in [4.69, 9.17) is 0 Å². The largest absolute Gasteiger partial charge is 0.310 e. The van der Waals surface area contributed by atoms with Gasteiger partial charge in [0.05, 0.1) is 0 Å². The third kappa shape index (κ3) is 5.54. The van der Waals surface area contributed by atoms with Crippen molar-refractivity contribution >= 4 is 80.9 Å². The first kappa shape index (κ1) is 32.4. The lowest BCUT2D eigenvalue weighted by Crippen LogP contribution is -2.10. The van der Waals surface area contributed by atoms with Crippen LogP contribution in [0.15, 0.2) is 212 Å². The maximum atomic E-state index is 2.43. The minimum atomic E-state index is 1.10. The summed E-state index contributed by atoms with van der Waals surface area (Å²) in [6.45, 7) is 0. The summed E-state index contributed by atoms with van der Waals surface area (Å²) in [6.07, 6.45) is 0. The second-order valence-corrected chi connectivity index (χ2v) is 15.6. The van der Waals surface area contributed by atoms with Gasteiger partial charge in [0.1, 0.15) is 0 Å². The fourth-order valence-corrected chi connectivity index (χ4v) is 9.69. The summed E-state index contributed by atoms with van der Waals surface area (Å²) >= 11 is 1.88. The molecule has 0 atom stereocenters. The fraction of sp³-hybridized carbons (Fsp3) is 0. The molecule has 11 rings (SSSR count). The van der Waals surface area contributed by atoms with E-state index in [1.807, 2.05) is 11.3 Å². The van der Waals surface area contributed by atoms with E-state index in [1.165, 1.54) is 85.9 Å². The van der Waals surface area contributed by atoms with Crippen LogP contribution < -0.4 is 4.90 Å². The van der Waals surface area contributed by atoms with Crippen molar-refractivity contribution in [2.45, 2.75) is 0 Å². The number of rotatable bonds is 6. The van der Waals surface area contributed by atoms with Gasteiger partial charge in [0.2, 0.25) is 0 Å². The van der Waals surface area contributed by atoms with Crippen molar-refractivity contribution in [3.05, 3.63) is 212 Å². The van der Waals surface area contributed by atoms with Crippen LogP contribution in [-0.4, -0.2) is 0 Å². The standard InChI is InChI=1S/C54H35NS/c1-3-13-36(14-4-1)40-20-11-21-43(31-40)55(44-28-27-39-26-25-38-17-9-10-22-46(38)49(39)34-44)45-29-30-47(50(35-45)37-15-5-2-6-16-37)48-23-12-24-52-54(48)51-32-41-18-7-8-19-42(41)33-53(51)56-52/h1-35H. The van der Waals surface area contributed by atoms with Crippen molar-refractivity contribution in [3.63, 3.8) is 0 Å². The van der Waals surface area contributed by atoms with E-state index in [0.717, 1.165) is 17.1 Å². The molecule has 0 bridgehead atoms. The molecule has 11 aromatic rings. The Labute approximate surface area is 330 Å². The molecule has 0 N–H and O–H groups in total. The van der Waals surface area contributed by atoms with Crippen molar-refractivity contribution in [1.82, 2.24) is 0 Å². The second kappa shape index (κ2) is 13.4. The Kier molecular flexibility index (Phi) is 7.75. The average molecular weight is 730 g/mol. The van der Waals surface area contributed by atoms with Gasteiger partial charge in [-0.25, -0.2) is 0 Å². The van der Waals surface area contributed by atoms with Gasteiger partial charge in [0.25, 0.3) is 0 Å². The van der Waals surface area contributed by atoms with Gasteiger partial charge in [-0.05, 0) is 120 Å². The zero-order chi connectivity index (χ0) is 37.0. The fourth-order valence-electron chi connectivity index (χ4n) is 8.53. The van der Waals surface area contributed by atoms with Crippen molar-refractivity contribution in [2.24, 2.45) is 0 Å². The number of thiophene rings is 1. The maximum Gasteiger partial charge on any atom is 0.0468 e. The lowest BCUT2D eigenvalue weighted by atomic mass is 9.91. The highest BCUT2D eigenvalue weighted by Crippen LogP contribution is 2.47. The second-order valence-electron chi connectivity index (χ2n) is 14.5. The number of nitrogens with zero attached hydrogens (tertiary/aromatic N) is 1. The molecule has 0 fully saturated rings. The number of hydrogen-bond acceptors (Lipinski definition) is 2. The van der Waals surface area contributed by atoms with Crippen molar-refractivity contribution in [3.8, 4) is 33.4 Å². The molecule has 56 heavy (non-hydrogen) atoms. The molecular formula is C54H35NS. The molecule has 0 amide bonds. The van der Waals surface area contributed by atoms with E-state index in [2.05, 4.69) is 217 Å². The molecule has 0 aliphatic carbocycles. The van der Waals surface area contributed by atoms with Gasteiger partial charge in [0.15, 0.2) is 0 Å². The Bertz CT molecular complexity index is 3250. The third-order valence-corrected chi connectivity index (χ3v) is 12.3. The molecular weight excluding hydrogens is 695 g/mol. The normalized spacial score (nSPS) is 11.6. The van der Waals surface area contributed by atoms with Crippen LogP contribution in [0.4, 0.5) is 17.1 Å². The Balaban J connectivity index is 1.16. The Morgan fingerprint density at radius 3 is 1.71 bits per heavy atom. The van der Waals surface area contributed by atoms with Crippen LogP contribution >= 0.6 is 11.3 Å². The number of benzene rings is 10. The van der Waals surface area contributed by atoms with Gasteiger partial charge < -0.3 is 4.90 Å². The molecule has 1 heterocycles. The molecule has 2 heteroatoms. The Hall–Kier alpha value is -7.00. The lowest BCUT2D eigenvalue weighted by Gasteiger charge is -2.28. The molecule has 1 nitrogen and oxygen atoms in total. The van der Waals surface area contributed by atoms with Crippen molar-refractivity contribution in [2.75, 3.05) is 4.90 Å². The molecule has 0 aliphatic heterocycles. The molecule has 0 saturated heterocycles. The summed E-state index contributed by atoms with van der Waals surface area (Å²) in [6, 6.07) is 77.8. The molecule has 0 unspecified atom stereocenters. The summed E-state index contributed by atoms with van der Waals surface area (Å²) in [5.41, 5.74) is 10.6. The van der Waals surface area contributed by atoms with Crippen LogP contribution in [0.3, 0.4) is 0 Å². The van der Waals surface area contributed by atoms with Crippen LogP contribution in [0, 0.1) is 0 Å². The lowest BCUT2D eigenvalue weighted by molar-refractivity contribution is 1.29. The predicted molar refractivity (Wildman–Crippen MR) is 243 cm³/mol. The van der Waals surface area contributed by atoms with Crippen LogP contribution in [0.1, 0.15) is 0 Å². The van der Waals surface area contributed by atoms with Gasteiger partial charge in [-0.1, -0.05) is 158 Å². The number of fused-ring (bicyclic) bond motifs is 7. The first-order valence-corrected chi connectivity index (χ1v) is 20.0. The highest BCUT2D eigenvalue weighted by atomic mass is 32.1. The van der Waals surface area contributed by atoms with Gasteiger partial charge in [-0.15, -0.1) is 11.3 Å². The summed E-state index contributed by atoms with van der Waals surface area (Å²) in [7, 11) is 0. The maximum absolute atomic E-state index is 2.43. The summed E-state index contributed by atoms with van der Waals surface area (Å²) in [5, 5.41) is 10.2. The van der Waals surface area contributed by atoms with E-state index in [-0.39, 0.29) is 0 Å². The molecule has 1 aromatic heterocycles. The number of anilines is 3. The topological polar surface area (TPSA) is 3.24 Å². The first-order valence-electron chi connectivity index (χ1n) is 19.2. The van der Waals surface area contributed by atoms with Crippen molar-refractivity contribution < 1.29 is 0 Å².